The topological polar surface area (TPSA) is 51.2 Å². The number of nitrogens with zero attached hydrogens (tertiary/aromatic N) is 1. The monoisotopic (exact) mass is 378 g/mol. The van der Waals surface area contributed by atoms with E-state index >= 15 is 0 Å². The minimum Gasteiger partial charge on any atom is -0.405 e. The molecule has 3 rings (SSSR count). The van der Waals surface area contributed by atoms with Crippen LogP contribution in [0, 0.1) is 0 Å². The third-order valence-electron chi connectivity index (χ3n) is 3.43. The predicted octanol–water partition coefficient (Wildman–Crippen LogP) is 4.64. The van der Waals surface area contributed by atoms with Gasteiger partial charge >= 0.3 is 6.36 Å². The number of halogens is 3. The van der Waals surface area contributed by atoms with Crippen LogP contribution in [0.25, 0.3) is 10.4 Å². The molecular weight excluding hydrogens is 365 g/mol. The summed E-state index contributed by atoms with van der Waals surface area (Å²) in [6.45, 7) is -0.0758. The first-order chi connectivity index (χ1) is 12.4. The Balaban J connectivity index is 1.68. The molecule has 0 atom stereocenters. The Kier molecular flexibility index (Phi) is 5.22. The zero-order valence-electron chi connectivity index (χ0n) is 13.3. The third kappa shape index (κ3) is 4.60. The van der Waals surface area contributed by atoms with Crippen LogP contribution in [0.5, 0.6) is 5.75 Å². The number of carbonyl (C=O) groups is 1. The van der Waals surface area contributed by atoms with E-state index in [1.165, 1.54) is 29.5 Å². The Morgan fingerprint density at radius 1 is 1.08 bits per heavy atom. The highest BCUT2D eigenvalue weighted by Crippen LogP contribution is 2.28. The molecule has 2 heterocycles. The molecule has 0 saturated carbocycles. The van der Waals surface area contributed by atoms with Crippen LogP contribution in [0.2, 0.25) is 0 Å². The molecule has 1 aromatic carbocycles. The van der Waals surface area contributed by atoms with E-state index in [1.54, 1.807) is 24.5 Å². The number of thiophene rings is 1. The highest BCUT2D eigenvalue weighted by Gasteiger charge is 2.32. The maximum atomic E-state index is 12.4. The minimum absolute atomic E-state index is 0.0758. The van der Waals surface area contributed by atoms with Gasteiger partial charge in [0, 0.05) is 29.4 Å². The van der Waals surface area contributed by atoms with E-state index in [4.69, 9.17) is 0 Å². The lowest BCUT2D eigenvalue weighted by Crippen LogP contribution is -2.23. The van der Waals surface area contributed by atoms with Gasteiger partial charge in [0.05, 0.1) is 4.88 Å². The van der Waals surface area contributed by atoms with Crippen molar-refractivity contribution in [1.29, 1.82) is 0 Å². The summed E-state index contributed by atoms with van der Waals surface area (Å²) in [6.07, 6.45) is -1.47. The molecule has 0 bridgehead atoms. The number of alkyl halides is 3. The smallest absolute Gasteiger partial charge is 0.405 e. The summed E-state index contributed by atoms with van der Waals surface area (Å²) in [4.78, 5) is 17.6. The van der Waals surface area contributed by atoms with Gasteiger partial charge in [0.25, 0.3) is 5.91 Å². The van der Waals surface area contributed by atoms with Crippen LogP contribution in [0.1, 0.15) is 15.2 Å². The standard InChI is InChI=1S/C18H13F3N2O2S/c19-18(20,21)25-14-4-2-1-3-13(14)11-23-17(24)16-6-5-15(26-16)12-7-9-22-10-8-12/h1-10H,11H2,(H,23,24). The van der Waals surface area contributed by atoms with Gasteiger partial charge in [-0.3, -0.25) is 9.78 Å². The summed E-state index contributed by atoms with van der Waals surface area (Å²) in [5.74, 6) is -0.693. The van der Waals surface area contributed by atoms with Crippen LogP contribution in [0.3, 0.4) is 0 Å². The number of nitrogens with one attached hydrogen (secondary N) is 1. The number of pyridine rings is 1. The van der Waals surface area contributed by atoms with Crippen molar-refractivity contribution in [2.45, 2.75) is 12.9 Å². The zero-order valence-corrected chi connectivity index (χ0v) is 14.1. The molecular formula is C18H13F3N2O2S. The van der Waals surface area contributed by atoms with Crippen LogP contribution in [0.4, 0.5) is 13.2 Å². The lowest BCUT2D eigenvalue weighted by atomic mass is 10.2. The van der Waals surface area contributed by atoms with Crippen molar-refractivity contribution in [2.24, 2.45) is 0 Å². The van der Waals surface area contributed by atoms with Crippen LogP contribution in [-0.4, -0.2) is 17.3 Å². The van der Waals surface area contributed by atoms with Crippen molar-refractivity contribution in [2.75, 3.05) is 0 Å². The third-order valence-corrected chi connectivity index (χ3v) is 4.57. The molecule has 0 aliphatic carbocycles. The molecule has 0 spiro atoms. The van der Waals surface area contributed by atoms with E-state index in [1.807, 2.05) is 18.2 Å². The van der Waals surface area contributed by atoms with E-state index < -0.39 is 6.36 Å². The molecule has 4 nitrogen and oxygen atoms in total. The molecule has 0 aliphatic heterocycles. The van der Waals surface area contributed by atoms with Crippen molar-refractivity contribution >= 4 is 17.2 Å². The summed E-state index contributed by atoms with van der Waals surface area (Å²) in [5, 5.41) is 2.62. The Hall–Kier alpha value is -2.87. The van der Waals surface area contributed by atoms with Gasteiger partial charge in [0.2, 0.25) is 0 Å². The quantitative estimate of drug-likeness (QED) is 0.704. The predicted molar refractivity (Wildman–Crippen MR) is 91.8 cm³/mol. The van der Waals surface area contributed by atoms with Crippen molar-refractivity contribution in [3.63, 3.8) is 0 Å². The molecule has 1 amide bonds. The molecule has 8 heteroatoms. The van der Waals surface area contributed by atoms with Gasteiger partial charge in [-0.2, -0.15) is 0 Å². The van der Waals surface area contributed by atoms with Crippen LogP contribution < -0.4 is 10.1 Å². The Morgan fingerprint density at radius 2 is 1.81 bits per heavy atom. The first-order valence-corrected chi connectivity index (χ1v) is 8.36. The number of benzene rings is 1. The highest BCUT2D eigenvalue weighted by atomic mass is 32.1. The highest BCUT2D eigenvalue weighted by molar-refractivity contribution is 7.17. The number of ether oxygens (including phenoxy) is 1. The van der Waals surface area contributed by atoms with Gasteiger partial charge in [0.15, 0.2) is 0 Å². The fourth-order valence-corrected chi connectivity index (χ4v) is 3.20. The number of aromatic nitrogens is 1. The fourth-order valence-electron chi connectivity index (χ4n) is 2.27. The van der Waals surface area contributed by atoms with Crippen LogP contribution in [0.15, 0.2) is 60.9 Å². The lowest BCUT2D eigenvalue weighted by molar-refractivity contribution is -0.274. The van der Waals surface area contributed by atoms with Crippen molar-refractivity contribution in [3.05, 3.63) is 71.4 Å². The fraction of sp³-hybridized carbons (Fsp3) is 0.111. The first-order valence-electron chi connectivity index (χ1n) is 7.54. The number of hydrogen-bond acceptors (Lipinski definition) is 4. The van der Waals surface area contributed by atoms with Gasteiger partial charge < -0.3 is 10.1 Å². The number of hydrogen-bond donors (Lipinski definition) is 1. The maximum absolute atomic E-state index is 12.4. The van der Waals surface area contributed by atoms with E-state index in [-0.39, 0.29) is 23.8 Å². The molecule has 2 aromatic heterocycles. The molecule has 1 N–H and O–H groups in total. The molecule has 26 heavy (non-hydrogen) atoms. The van der Waals surface area contributed by atoms with E-state index in [2.05, 4.69) is 15.0 Å². The number of rotatable bonds is 5. The second-order valence-corrected chi connectivity index (χ2v) is 6.32. The maximum Gasteiger partial charge on any atom is 0.573 e. The number of carbonyl (C=O) groups excluding carboxylic acids is 1. The van der Waals surface area contributed by atoms with Crippen molar-refractivity contribution < 1.29 is 22.7 Å². The second-order valence-electron chi connectivity index (χ2n) is 5.24. The molecule has 0 unspecified atom stereocenters. The van der Waals surface area contributed by atoms with Crippen LogP contribution in [-0.2, 0) is 6.54 Å². The average molecular weight is 378 g/mol. The van der Waals surface area contributed by atoms with Gasteiger partial charge in [-0.25, -0.2) is 0 Å². The lowest BCUT2D eigenvalue weighted by Gasteiger charge is -2.13. The van der Waals surface area contributed by atoms with E-state index in [0.717, 1.165) is 10.4 Å². The summed E-state index contributed by atoms with van der Waals surface area (Å²) in [5.41, 5.74) is 1.18. The second kappa shape index (κ2) is 7.57. The molecule has 0 radical (unpaired) electrons. The summed E-state index contributed by atoms with van der Waals surface area (Å²) in [6, 6.07) is 12.9. The normalized spacial score (nSPS) is 11.2. The Labute approximate surface area is 151 Å². The number of amides is 1. The van der Waals surface area contributed by atoms with Crippen molar-refractivity contribution in [3.8, 4) is 16.2 Å². The number of para-hydroxylation sites is 1. The summed E-state index contributed by atoms with van der Waals surface area (Å²) >= 11 is 1.29. The SMILES string of the molecule is O=C(NCc1ccccc1OC(F)(F)F)c1ccc(-c2ccncc2)s1. The van der Waals surface area contributed by atoms with Gasteiger partial charge in [-0.1, -0.05) is 18.2 Å². The van der Waals surface area contributed by atoms with Gasteiger partial charge in [-0.15, -0.1) is 24.5 Å². The molecule has 0 fully saturated rings. The largest absolute Gasteiger partial charge is 0.573 e. The van der Waals surface area contributed by atoms with Gasteiger partial charge in [0.1, 0.15) is 5.75 Å². The van der Waals surface area contributed by atoms with E-state index in [9.17, 15) is 18.0 Å². The molecule has 3 aromatic rings. The average Bonchev–Trinajstić information content (AvgIpc) is 3.10. The minimum atomic E-state index is -4.78. The Bertz CT molecular complexity index is 895. The zero-order chi connectivity index (χ0) is 18.6. The molecule has 0 aliphatic rings. The summed E-state index contributed by atoms with van der Waals surface area (Å²) < 4.78 is 41.3. The first kappa shape index (κ1) is 17.9. The molecule has 0 saturated heterocycles. The van der Waals surface area contributed by atoms with Gasteiger partial charge in [-0.05, 0) is 35.9 Å². The Morgan fingerprint density at radius 3 is 2.54 bits per heavy atom. The molecule has 134 valence electrons. The van der Waals surface area contributed by atoms with E-state index in [0.29, 0.717) is 4.88 Å². The van der Waals surface area contributed by atoms with Crippen LogP contribution >= 0.6 is 11.3 Å². The summed E-state index contributed by atoms with van der Waals surface area (Å²) in [7, 11) is 0. The van der Waals surface area contributed by atoms with Crippen molar-refractivity contribution in [1.82, 2.24) is 10.3 Å².